The van der Waals surface area contributed by atoms with Gasteiger partial charge in [-0.2, -0.15) is 0 Å². The summed E-state index contributed by atoms with van der Waals surface area (Å²) in [4.78, 5) is 0. The Balaban J connectivity index is 1.81. The van der Waals surface area contributed by atoms with Gasteiger partial charge >= 0.3 is 0 Å². The Morgan fingerprint density at radius 1 is 1.00 bits per heavy atom. The van der Waals surface area contributed by atoms with E-state index in [-0.39, 0.29) is 5.28 Å². The highest BCUT2D eigenvalue weighted by molar-refractivity contribution is 7.35. The molecular weight excluding hydrogens is 243 g/mol. The number of benzene rings is 2. The Morgan fingerprint density at radius 2 is 1.78 bits per heavy atom. The number of anilines is 2. The van der Waals surface area contributed by atoms with Gasteiger partial charge in [0, 0.05) is 17.8 Å². The quantitative estimate of drug-likeness (QED) is 0.709. The number of nitrogens with one attached hydrogen (secondary N) is 2. The van der Waals surface area contributed by atoms with Crippen LogP contribution in [0.3, 0.4) is 0 Å². The minimum atomic E-state index is -0.106. The summed E-state index contributed by atoms with van der Waals surface area (Å²) in [6.07, 6.45) is 0. The van der Waals surface area contributed by atoms with E-state index in [0.717, 1.165) is 18.0 Å². The van der Waals surface area contributed by atoms with Gasteiger partial charge in [-0.05, 0) is 18.2 Å². The second-order valence-corrected chi connectivity index (χ2v) is 5.89. The first-order valence-electron chi connectivity index (χ1n) is 6.02. The van der Waals surface area contributed by atoms with Crippen LogP contribution in [-0.4, -0.2) is 6.54 Å². The lowest BCUT2D eigenvalue weighted by Crippen LogP contribution is -2.35. The van der Waals surface area contributed by atoms with Crippen molar-refractivity contribution in [3.05, 3.63) is 54.1 Å². The number of para-hydroxylation sites is 3. The van der Waals surface area contributed by atoms with E-state index in [0.29, 0.717) is 8.81 Å². The third kappa shape index (κ3) is 1.34. The number of rotatable bonds is 0. The summed E-state index contributed by atoms with van der Waals surface area (Å²) in [6, 6.07) is 16.6. The lowest BCUT2D eigenvalue weighted by molar-refractivity contribution is 0.571. The maximum atomic E-state index is 5.94. The molecule has 4 rings (SSSR count). The van der Waals surface area contributed by atoms with Crippen LogP contribution in [0.2, 0.25) is 0 Å². The van der Waals surface area contributed by atoms with Crippen molar-refractivity contribution in [3.63, 3.8) is 0 Å². The van der Waals surface area contributed by atoms with Crippen molar-refractivity contribution in [2.24, 2.45) is 0 Å². The zero-order chi connectivity index (χ0) is 12.0. The summed E-state index contributed by atoms with van der Waals surface area (Å²) in [5.74, 6) is 0.950. The van der Waals surface area contributed by atoms with Gasteiger partial charge < -0.3 is 15.2 Å². The molecule has 0 bridgehead atoms. The number of fused-ring (bicyclic) bond motifs is 3. The first kappa shape index (κ1) is 10.2. The molecule has 2 aromatic carbocycles. The van der Waals surface area contributed by atoms with Gasteiger partial charge in [-0.15, -0.1) is 0 Å². The predicted octanol–water partition coefficient (Wildman–Crippen LogP) is 3.36. The molecule has 2 aromatic rings. The maximum absolute atomic E-state index is 5.94. The number of hydrogen-bond donors (Lipinski definition) is 2. The van der Waals surface area contributed by atoms with Crippen LogP contribution in [0, 0.1) is 0 Å². The van der Waals surface area contributed by atoms with Crippen molar-refractivity contribution in [1.29, 1.82) is 0 Å². The molecule has 90 valence electrons. The van der Waals surface area contributed by atoms with Gasteiger partial charge in [-0.1, -0.05) is 30.3 Å². The van der Waals surface area contributed by atoms with Crippen LogP contribution >= 0.6 is 8.81 Å². The van der Waals surface area contributed by atoms with Crippen LogP contribution in [0.4, 0.5) is 11.4 Å². The molecule has 18 heavy (non-hydrogen) atoms. The van der Waals surface area contributed by atoms with Crippen molar-refractivity contribution >= 4 is 20.2 Å². The molecular formula is C14H13N2OP. The largest absolute Gasteiger partial charge is 0.472 e. The first-order valence-corrected chi connectivity index (χ1v) is 6.93. The van der Waals surface area contributed by atoms with E-state index in [2.05, 4.69) is 41.0 Å². The second-order valence-electron chi connectivity index (χ2n) is 4.63. The Hall–Kier alpha value is -1.73. The fourth-order valence-corrected chi connectivity index (χ4v) is 3.73. The van der Waals surface area contributed by atoms with Gasteiger partial charge in [0.2, 0.25) is 0 Å². The van der Waals surface area contributed by atoms with Crippen molar-refractivity contribution < 1.29 is 4.52 Å². The molecule has 0 aliphatic carbocycles. The monoisotopic (exact) mass is 256 g/mol. The van der Waals surface area contributed by atoms with E-state index in [1.165, 1.54) is 11.3 Å². The minimum absolute atomic E-state index is 0.106. The SMILES string of the molecule is c1ccc2c(c1)NC1(CNc3ccccc31)PO2. The lowest BCUT2D eigenvalue weighted by Gasteiger charge is -2.36. The third-order valence-electron chi connectivity index (χ3n) is 3.50. The Labute approximate surface area is 107 Å². The van der Waals surface area contributed by atoms with Crippen LogP contribution in [0.1, 0.15) is 5.56 Å². The molecule has 2 atom stereocenters. The minimum Gasteiger partial charge on any atom is -0.472 e. The van der Waals surface area contributed by atoms with Crippen LogP contribution in [-0.2, 0) is 5.28 Å². The van der Waals surface area contributed by atoms with E-state index in [9.17, 15) is 0 Å². The van der Waals surface area contributed by atoms with Crippen molar-refractivity contribution in [2.45, 2.75) is 5.28 Å². The van der Waals surface area contributed by atoms with E-state index in [4.69, 9.17) is 4.52 Å². The zero-order valence-corrected chi connectivity index (χ0v) is 10.7. The molecule has 0 saturated heterocycles. The van der Waals surface area contributed by atoms with E-state index in [1.807, 2.05) is 18.2 Å². The zero-order valence-electron chi connectivity index (χ0n) is 9.73. The van der Waals surface area contributed by atoms with Crippen LogP contribution in [0.5, 0.6) is 5.75 Å². The normalized spacial score (nSPS) is 24.9. The van der Waals surface area contributed by atoms with Gasteiger partial charge in [0.15, 0.2) is 0 Å². The van der Waals surface area contributed by atoms with Crippen LogP contribution < -0.4 is 15.2 Å². The highest BCUT2D eigenvalue weighted by Crippen LogP contribution is 2.54. The summed E-state index contributed by atoms with van der Waals surface area (Å²) in [5.41, 5.74) is 3.59. The highest BCUT2D eigenvalue weighted by Gasteiger charge is 2.43. The molecule has 0 fully saturated rings. The van der Waals surface area contributed by atoms with Crippen molar-refractivity contribution in [3.8, 4) is 5.75 Å². The van der Waals surface area contributed by atoms with E-state index in [1.54, 1.807) is 0 Å². The topological polar surface area (TPSA) is 33.3 Å². The lowest BCUT2D eigenvalue weighted by atomic mass is 10.1. The Morgan fingerprint density at radius 3 is 2.72 bits per heavy atom. The molecule has 0 aromatic heterocycles. The van der Waals surface area contributed by atoms with Gasteiger partial charge in [0.05, 0.1) is 5.69 Å². The molecule has 2 aliphatic rings. The summed E-state index contributed by atoms with van der Waals surface area (Å²) in [7, 11) is 0.386. The molecule has 0 saturated carbocycles. The molecule has 2 heterocycles. The Bertz CT molecular complexity index is 616. The van der Waals surface area contributed by atoms with Crippen molar-refractivity contribution in [2.75, 3.05) is 17.2 Å². The molecule has 2 N–H and O–H groups in total. The fraction of sp³-hybridized carbons (Fsp3) is 0.143. The standard InChI is InChI=1S/C14H13N2OP/c1-2-6-11-10(5-1)14(9-15-11)16-12-7-3-4-8-13(12)17-18-14/h1-8,15-16,18H,9H2. The predicted molar refractivity (Wildman–Crippen MR) is 75.6 cm³/mol. The molecule has 0 radical (unpaired) electrons. The van der Waals surface area contributed by atoms with Crippen molar-refractivity contribution in [1.82, 2.24) is 0 Å². The summed E-state index contributed by atoms with van der Waals surface area (Å²) in [6.45, 7) is 0.874. The average molecular weight is 256 g/mol. The molecule has 1 spiro atoms. The van der Waals surface area contributed by atoms with Gasteiger partial charge in [0.25, 0.3) is 0 Å². The maximum Gasteiger partial charge on any atom is 0.146 e. The van der Waals surface area contributed by atoms with E-state index >= 15 is 0 Å². The van der Waals surface area contributed by atoms with Crippen LogP contribution in [0.25, 0.3) is 0 Å². The van der Waals surface area contributed by atoms with Gasteiger partial charge in [-0.3, -0.25) is 0 Å². The molecule has 0 amide bonds. The van der Waals surface area contributed by atoms with E-state index < -0.39 is 0 Å². The second kappa shape index (κ2) is 3.63. The molecule has 3 nitrogen and oxygen atoms in total. The Kier molecular flexibility index (Phi) is 2.06. The van der Waals surface area contributed by atoms with Gasteiger partial charge in [0.1, 0.15) is 19.8 Å². The summed E-state index contributed by atoms with van der Waals surface area (Å²) >= 11 is 0. The third-order valence-corrected chi connectivity index (χ3v) is 4.74. The number of hydrogen-bond acceptors (Lipinski definition) is 3. The smallest absolute Gasteiger partial charge is 0.146 e. The molecule has 2 aliphatic heterocycles. The summed E-state index contributed by atoms with van der Waals surface area (Å²) in [5, 5.41) is 7.00. The average Bonchev–Trinajstić information content (AvgIpc) is 2.78. The fourth-order valence-electron chi connectivity index (χ4n) is 2.59. The molecule has 2 unspecified atom stereocenters. The molecule has 4 heteroatoms. The van der Waals surface area contributed by atoms with Crippen LogP contribution in [0.15, 0.2) is 48.5 Å². The summed E-state index contributed by atoms with van der Waals surface area (Å²) < 4.78 is 5.94. The first-order chi connectivity index (χ1) is 8.87. The highest BCUT2D eigenvalue weighted by atomic mass is 31.1. The van der Waals surface area contributed by atoms with Gasteiger partial charge in [-0.25, -0.2) is 0 Å².